The number of rotatable bonds is 10. The minimum atomic E-state index is 0.403. The first-order valence-electron chi connectivity index (χ1n) is 6.59. The van der Waals surface area contributed by atoms with Gasteiger partial charge in [0, 0.05) is 19.2 Å². The molecular formula is C12H24N4O2. The van der Waals surface area contributed by atoms with Crippen LogP contribution < -0.4 is 10.6 Å². The fourth-order valence-electron chi connectivity index (χ4n) is 1.27. The molecule has 6 heteroatoms. The molecule has 2 N–H and O–H groups in total. The van der Waals surface area contributed by atoms with Crippen LogP contribution in [-0.4, -0.2) is 36.0 Å². The Morgan fingerprint density at radius 1 is 1.28 bits per heavy atom. The predicted octanol–water partition coefficient (Wildman–Crippen LogP) is 1.80. The number of nitrogens with one attached hydrogen (secondary N) is 2. The van der Waals surface area contributed by atoms with Gasteiger partial charge in [0.2, 0.25) is 5.89 Å². The standard InChI is InChI=1S/C12H24N4O2/c1-4-5-7-17-8-6-13-12-16-15-11(18-12)9-14-10(2)3/h10,14H,4-9H2,1-3H3,(H,13,16). The van der Waals surface area contributed by atoms with Crippen molar-refractivity contribution in [2.24, 2.45) is 0 Å². The van der Waals surface area contributed by atoms with Crippen LogP contribution in [0.3, 0.4) is 0 Å². The Morgan fingerprint density at radius 2 is 2.11 bits per heavy atom. The first kappa shape index (κ1) is 14.9. The van der Waals surface area contributed by atoms with E-state index in [0.717, 1.165) is 19.4 Å². The summed E-state index contributed by atoms with van der Waals surface area (Å²) >= 11 is 0. The van der Waals surface area contributed by atoms with Crippen LogP contribution in [0.4, 0.5) is 6.01 Å². The van der Waals surface area contributed by atoms with Gasteiger partial charge in [-0.15, -0.1) is 5.10 Å². The molecule has 0 spiro atoms. The molecule has 1 rings (SSSR count). The van der Waals surface area contributed by atoms with Gasteiger partial charge in [-0.1, -0.05) is 32.3 Å². The summed E-state index contributed by atoms with van der Waals surface area (Å²) in [5.41, 5.74) is 0. The highest BCUT2D eigenvalue weighted by Gasteiger charge is 2.05. The van der Waals surface area contributed by atoms with Crippen molar-refractivity contribution in [1.29, 1.82) is 0 Å². The Labute approximate surface area is 108 Å². The van der Waals surface area contributed by atoms with Crippen LogP contribution in [0.1, 0.15) is 39.5 Å². The molecule has 0 radical (unpaired) electrons. The third-order valence-corrected chi connectivity index (χ3v) is 2.29. The molecule has 0 saturated heterocycles. The van der Waals surface area contributed by atoms with Crippen molar-refractivity contribution in [3.63, 3.8) is 0 Å². The van der Waals surface area contributed by atoms with Gasteiger partial charge < -0.3 is 19.8 Å². The smallest absolute Gasteiger partial charge is 0.315 e. The van der Waals surface area contributed by atoms with Crippen LogP contribution in [0.2, 0.25) is 0 Å². The van der Waals surface area contributed by atoms with Crippen molar-refractivity contribution in [1.82, 2.24) is 15.5 Å². The molecule has 0 unspecified atom stereocenters. The Bertz CT molecular complexity index is 315. The van der Waals surface area contributed by atoms with Gasteiger partial charge in [-0.05, 0) is 6.42 Å². The van der Waals surface area contributed by atoms with Gasteiger partial charge in [0.25, 0.3) is 0 Å². The maximum absolute atomic E-state index is 5.42. The lowest BCUT2D eigenvalue weighted by Gasteiger charge is -2.04. The summed E-state index contributed by atoms with van der Waals surface area (Å²) in [7, 11) is 0. The van der Waals surface area contributed by atoms with Gasteiger partial charge in [-0.3, -0.25) is 0 Å². The van der Waals surface area contributed by atoms with Crippen LogP contribution in [0, 0.1) is 0 Å². The summed E-state index contributed by atoms with van der Waals surface area (Å²) in [6.07, 6.45) is 2.26. The molecule has 18 heavy (non-hydrogen) atoms. The lowest BCUT2D eigenvalue weighted by Crippen LogP contribution is -2.21. The van der Waals surface area contributed by atoms with Gasteiger partial charge in [-0.2, -0.15) is 0 Å². The predicted molar refractivity (Wildman–Crippen MR) is 70.5 cm³/mol. The molecule has 0 bridgehead atoms. The average molecular weight is 256 g/mol. The van der Waals surface area contributed by atoms with Gasteiger partial charge in [0.05, 0.1) is 13.2 Å². The zero-order valence-corrected chi connectivity index (χ0v) is 11.5. The first-order chi connectivity index (χ1) is 8.72. The summed E-state index contributed by atoms with van der Waals surface area (Å²) in [5, 5.41) is 14.1. The van der Waals surface area contributed by atoms with Crippen molar-refractivity contribution in [3.8, 4) is 0 Å². The van der Waals surface area contributed by atoms with E-state index in [1.165, 1.54) is 0 Å². The molecule has 1 aromatic rings. The summed E-state index contributed by atoms with van der Waals surface area (Å²) in [5.74, 6) is 0.595. The molecule has 1 aromatic heterocycles. The SMILES string of the molecule is CCCCOCCNc1nnc(CNC(C)C)o1. The highest BCUT2D eigenvalue weighted by atomic mass is 16.5. The number of aromatic nitrogens is 2. The normalized spacial score (nSPS) is 11.1. The Kier molecular flexibility index (Phi) is 7.36. The van der Waals surface area contributed by atoms with Crippen molar-refractivity contribution in [3.05, 3.63) is 5.89 Å². The highest BCUT2D eigenvalue weighted by Crippen LogP contribution is 2.04. The number of nitrogens with zero attached hydrogens (tertiary/aromatic N) is 2. The highest BCUT2D eigenvalue weighted by molar-refractivity contribution is 5.16. The summed E-state index contributed by atoms with van der Waals surface area (Å²) in [4.78, 5) is 0. The zero-order chi connectivity index (χ0) is 13.2. The molecule has 0 saturated carbocycles. The zero-order valence-electron chi connectivity index (χ0n) is 11.5. The summed E-state index contributed by atoms with van der Waals surface area (Å²) in [6, 6.07) is 0.856. The molecular weight excluding hydrogens is 232 g/mol. The van der Waals surface area contributed by atoms with Crippen molar-refractivity contribution < 1.29 is 9.15 Å². The maximum Gasteiger partial charge on any atom is 0.315 e. The topological polar surface area (TPSA) is 72.2 Å². The molecule has 104 valence electrons. The van der Waals surface area contributed by atoms with E-state index in [0.29, 0.717) is 37.6 Å². The number of ether oxygens (including phenoxy) is 1. The van der Waals surface area contributed by atoms with Gasteiger partial charge in [0.1, 0.15) is 0 Å². The number of hydrogen-bond acceptors (Lipinski definition) is 6. The van der Waals surface area contributed by atoms with E-state index in [4.69, 9.17) is 9.15 Å². The van der Waals surface area contributed by atoms with Crippen LogP contribution in [0.15, 0.2) is 4.42 Å². The molecule has 0 aliphatic carbocycles. The Morgan fingerprint density at radius 3 is 2.83 bits per heavy atom. The van der Waals surface area contributed by atoms with E-state index < -0.39 is 0 Å². The molecule has 0 amide bonds. The van der Waals surface area contributed by atoms with Gasteiger partial charge in [0.15, 0.2) is 0 Å². The lowest BCUT2D eigenvalue weighted by atomic mass is 10.4. The van der Waals surface area contributed by atoms with E-state index >= 15 is 0 Å². The summed E-state index contributed by atoms with van der Waals surface area (Å²) in [6.45, 7) is 9.04. The molecule has 0 aliphatic rings. The molecule has 0 aromatic carbocycles. The number of hydrogen-bond donors (Lipinski definition) is 2. The van der Waals surface area contributed by atoms with E-state index in [1.807, 2.05) is 0 Å². The van der Waals surface area contributed by atoms with Gasteiger partial charge in [-0.25, -0.2) is 0 Å². The second kappa shape index (κ2) is 8.88. The molecule has 1 heterocycles. The van der Waals surface area contributed by atoms with Crippen molar-refractivity contribution in [2.75, 3.05) is 25.1 Å². The van der Waals surface area contributed by atoms with Crippen LogP contribution in [-0.2, 0) is 11.3 Å². The Hall–Kier alpha value is -1.14. The molecule has 0 aliphatic heterocycles. The quantitative estimate of drug-likeness (QED) is 0.622. The van der Waals surface area contributed by atoms with Crippen molar-refractivity contribution in [2.45, 2.75) is 46.2 Å². The minimum absolute atomic E-state index is 0.403. The third-order valence-electron chi connectivity index (χ3n) is 2.29. The molecule has 0 atom stereocenters. The second-order valence-corrected chi connectivity index (χ2v) is 4.43. The fraction of sp³-hybridized carbons (Fsp3) is 0.833. The third kappa shape index (κ3) is 6.56. The molecule has 6 nitrogen and oxygen atoms in total. The van der Waals surface area contributed by atoms with E-state index in [1.54, 1.807) is 0 Å². The van der Waals surface area contributed by atoms with E-state index in [-0.39, 0.29) is 0 Å². The second-order valence-electron chi connectivity index (χ2n) is 4.43. The minimum Gasteiger partial charge on any atom is -0.407 e. The first-order valence-corrected chi connectivity index (χ1v) is 6.59. The Balaban J connectivity index is 2.11. The lowest BCUT2D eigenvalue weighted by molar-refractivity contribution is 0.140. The average Bonchev–Trinajstić information content (AvgIpc) is 2.79. The van der Waals surface area contributed by atoms with Crippen LogP contribution in [0.25, 0.3) is 0 Å². The van der Waals surface area contributed by atoms with Crippen LogP contribution >= 0.6 is 0 Å². The van der Waals surface area contributed by atoms with Crippen LogP contribution in [0.5, 0.6) is 0 Å². The maximum atomic E-state index is 5.42. The number of unbranched alkanes of at least 4 members (excludes halogenated alkanes) is 1. The van der Waals surface area contributed by atoms with E-state index in [2.05, 4.69) is 41.6 Å². The number of anilines is 1. The monoisotopic (exact) mass is 256 g/mol. The largest absolute Gasteiger partial charge is 0.407 e. The van der Waals surface area contributed by atoms with Crippen molar-refractivity contribution >= 4 is 6.01 Å². The molecule has 0 fully saturated rings. The fourth-order valence-corrected chi connectivity index (χ4v) is 1.27. The summed E-state index contributed by atoms with van der Waals surface area (Å²) < 4.78 is 10.8. The van der Waals surface area contributed by atoms with E-state index in [9.17, 15) is 0 Å². The van der Waals surface area contributed by atoms with Gasteiger partial charge >= 0.3 is 6.01 Å².